The molecule has 4 rings (SSSR count). The molecule has 1 atom stereocenters. The summed E-state index contributed by atoms with van der Waals surface area (Å²) in [4.78, 5) is 15.9. The van der Waals surface area contributed by atoms with Gasteiger partial charge in [0.05, 0.1) is 12.2 Å². The van der Waals surface area contributed by atoms with E-state index in [9.17, 15) is 4.79 Å². The predicted octanol–water partition coefficient (Wildman–Crippen LogP) is 3.23. The lowest BCUT2D eigenvalue weighted by molar-refractivity contribution is 0.151. The van der Waals surface area contributed by atoms with Crippen molar-refractivity contribution in [1.29, 1.82) is 0 Å². The molecular formula is C16H16N2O2S. The maximum atomic E-state index is 12.1. The van der Waals surface area contributed by atoms with Crippen molar-refractivity contribution in [3.63, 3.8) is 0 Å². The summed E-state index contributed by atoms with van der Waals surface area (Å²) < 4.78 is 7.04. The van der Waals surface area contributed by atoms with Crippen molar-refractivity contribution >= 4 is 22.4 Å². The topological polar surface area (TPSA) is 38.4 Å². The van der Waals surface area contributed by atoms with Crippen molar-refractivity contribution in [3.8, 4) is 0 Å². The maximum Gasteiger partial charge on any atom is 0.421 e. The number of hydrogen-bond acceptors (Lipinski definition) is 4. The summed E-state index contributed by atoms with van der Waals surface area (Å²) in [6, 6.07) is 10.1. The van der Waals surface area contributed by atoms with Gasteiger partial charge >= 0.3 is 5.76 Å². The third-order valence-electron chi connectivity index (χ3n) is 4.30. The Morgan fingerprint density at radius 2 is 2.19 bits per heavy atom. The van der Waals surface area contributed by atoms with Crippen LogP contribution in [0.3, 0.4) is 0 Å². The number of fused-ring (bicyclic) bond motifs is 2. The van der Waals surface area contributed by atoms with E-state index in [-0.39, 0.29) is 5.76 Å². The number of para-hydroxylation sites is 2. The molecule has 1 aliphatic rings. The van der Waals surface area contributed by atoms with E-state index >= 15 is 0 Å². The van der Waals surface area contributed by atoms with Gasteiger partial charge in [-0.25, -0.2) is 4.79 Å². The largest absolute Gasteiger partial charge is 0.421 e. The Bertz CT molecular complexity index is 845. The molecule has 0 saturated heterocycles. The van der Waals surface area contributed by atoms with Crippen molar-refractivity contribution in [3.05, 3.63) is 56.7 Å². The van der Waals surface area contributed by atoms with Gasteiger partial charge in [-0.15, -0.1) is 11.3 Å². The minimum Gasteiger partial charge on any atom is -0.408 e. The van der Waals surface area contributed by atoms with E-state index in [0.717, 1.165) is 18.5 Å². The highest BCUT2D eigenvalue weighted by atomic mass is 32.1. The zero-order valence-corrected chi connectivity index (χ0v) is 12.6. The first kappa shape index (κ1) is 12.9. The maximum absolute atomic E-state index is 12.1. The van der Waals surface area contributed by atoms with E-state index in [4.69, 9.17) is 4.42 Å². The average Bonchev–Trinajstić information content (AvgIpc) is 3.07. The first-order valence-corrected chi connectivity index (χ1v) is 8.00. The normalized spacial score (nSPS) is 19.0. The summed E-state index contributed by atoms with van der Waals surface area (Å²) in [6.45, 7) is 3.75. The lowest BCUT2D eigenvalue weighted by Gasteiger charge is -2.33. The van der Waals surface area contributed by atoms with Crippen molar-refractivity contribution in [2.24, 2.45) is 0 Å². The van der Waals surface area contributed by atoms with Gasteiger partial charge in [0.1, 0.15) is 0 Å². The van der Waals surface area contributed by atoms with Crippen LogP contribution in [0.25, 0.3) is 11.1 Å². The second kappa shape index (κ2) is 4.86. The molecular weight excluding hydrogens is 284 g/mol. The van der Waals surface area contributed by atoms with E-state index in [1.165, 1.54) is 10.4 Å². The van der Waals surface area contributed by atoms with E-state index in [1.54, 1.807) is 4.57 Å². The highest BCUT2D eigenvalue weighted by molar-refractivity contribution is 7.10. The van der Waals surface area contributed by atoms with E-state index in [1.807, 2.05) is 35.6 Å². The van der Waals surface area contributed by atoms with Crippen LogP contribution in [-0.4, -0.2) is 16.0 Å². The molecule has 0 radical (unpaired) electrons. The zero-order chi connectivity index (χ0) is 14.4. The summed E-state index contributed by atoms with van der Waals surface area (Å²) in [6.07, 6.45) is 1.06. The number of hydrogen-bond donors (Lipinski definition) is 0. The standard InChI is InChI=1S/C16H16N2O2S/c1-11-12-7-9-21-15(12)6-8-17(11)10-18-13-4-2-3-5-14(13)20-16(18)19/h2-5,7,9,11H,6,8,10H2,1H3/t11-/m0/s1. The van der Waals surface area contributed by atoms with E-state index in [0.29, 0.717) is 18.3 Å². The fourth-order valence-corrected chi connectivity index (χ4v) is 4.05. The highest BCUT2D eigenvalue weighted by Crippen LogP contribution is 2.33. The molecule has 0 aliphatic carbocycles. The summed E-state index contributed by atoms with van der Waals surface area (Å²) in [7, 11) is 0. The third kappa shape index (κ3) is 2.04. The molecule has 1 aromatic carbocycles. The van der Waals surface area contributed by atoms with E-state index in [2.05, 4.69) is 23.3 Å². The van der Waals surface area contributed by atoms with Gasteiger partial charge in [0, 0.05) is 17.5 Å². The highest BCUT2D eigenvalue weighted by Gasteiger charge is 2.25. The monoisotopic (exact) mass is 300 g/mol. The third-order valence-corrected chi connectivity index (χ3v) is 5.30. The van der Waals surface area contributed by atoms with Gasteiger partial charge in [-0.1, -0.05) is 12.1 Å². The minimum absolute atomic E-state index is 0.278. The Hall–Kier alpha value is -1.85. The van der Waals surface area contributed by atoms with Gasteiger partial charge in [-0.3, -0.25) is 9.47 Å². The van der Waals surface area contributed by atoms with Gasteiger partial charge in [0.25, 0.3) is 0 Å². The Morgan fingerprint density at radius 3 is 3.10 bits per heavy atom. The second-order valence-electron chi connectivity index (χ2n) is 5.44. The van der Waals surface area contributed by atoms with Crippen LogP contribution >= 0.6 is 11.3 Å². The van der Waals surface area contributed by atoms with Crippen LogP contribution in [0.1, 0.15) is 23.4 Å². The second-order valence-corrected chi connectivity index (χ2v) is 6.44. The van der Waals surface area contributed by atoms with Crippen molar-refractivity contribution < 1.29 is 4.42 Å². The van der Waals surface area contributed by atoms with Gasteiger partial charge in [0.15, 0.2) is 5.58 Å². The lowest BCUT2D eigenvalue weighted by atomic mass is 10.0. The van der Waals surface area contributed by atoms with Crippen molar-refractivity contribution in [1.82, 2.24) is 9.47 Å². The minimum atomic E-state index is -0.278. The molecule has 2 aromatic heterocycles. The Morgan fingerprint density at radius 1 is 1.33 bits per heavy atom. The molecule has 1 aliphatic heterocycles. The smallest absolute Gasteiger partial charge is 0.408 e. The SMILES string of the molecule is C[C@H]1c2ccsc2CCN1Cn1c(=O)oc2ccccc21. The van der Waals surface area contributed by atoms with Crippen LogP contribution in [0.15, 0.2) is 44.9 Å². The molecule has 0 unspecified atom stereocenters. The van der Waals surface area contributed by atoms with E-state index < -0.39 is 0 Å². The summed E-state index contributed by atoms with van der Waals surface area (Å²) in [5.74, 6) is -0.278. The van der Waals surface area contributed by atoms with Crippen molar-refractivity contribution in [2.45, 2.75) is 26.1 Å². The van der Waals surface area contributed by atoms with Crippen LogP contribution in [-0.2, 0) is 13.1 Å². The number of aromatic nitrogens is 1. The number of thiophene rings is 1. The molecule has 0 fully saturated rings. The molecule has 0 spiro atoms. The molecule has 21 heavy (non-hydrogen) atoms. The van der Waals surface area contributed by atoms with Crippen LogP contribution in [0.2, 0.25) is 0 Å². The summed E-state index contributed by atoms with van der Waals surface area (Å²) in [5.41, 5.74) is 2.92. The molecule has 0 amide bonds. The van der Waals surface area contributed by atoms with Gasteiger partial charge in [-0.05, 0) is 42.5 Å². The Labute approximate surface area is 126 Å². The molecule has 3 heterocycles. The molecule has 108 valence electrons. The van der Waals surface area contributed by atoms with Crippen LogP contribution in [0, 0.1) is 0 Å². The van der Waals surface area contributed by atoms with Crippen LogP contribution < -0.4 is 5.76 Å². The first-order chi connectivity index (χ1) is 10.2. The quantitative estimate of drug-likeness (QED) is 0.729. The fraction of sp³-hybridized carbons (Fsp3) is 0.312. The molecule has 5 heteroatoms. The number of nitrogens with zero attached hydrogens (tertiary/aromatic N) is 2. The van der Waals surface area contributed by atoms with Gasteiger partial charge < -0.3 is 4.42 Å². The summed E-state index contributed by atoms with van der Waals surface area (Å²) >= 11 is 1.83. The molecule has 4 nitrogen and oxygen atoms in total. The average molecular weight is 300 g/mol. The number of oxazole rings is 1. The molecule has 3 aromatic rings. The predicted molar refractivity (Wildman–Crippen MR) is 83.6 cm³/mol. The van der Waals surface area contributed by atoms with Crippen LogP contribution in [0.4, 0.5) is 0 Å². The van der Waals surface area contributed by atoms with Crippen LogP contribution in [0.5, 0.6) is 0 Å². The van der Waals surface area contributed by atoms with Gasteiger partial charge in [-0.2, -0.15) is 0 Å². The lowest BCUT2D eigenvalue weighted by Crippen LogP contribution is -2.36. The Balaban J connectivity index is 1.70. The summed E-state index contributed by atoms with van der Waals surface area (Å²) in [5, 5.41) is 2.16. The fourth-order valence-electron chi connectivity index (χ4n) is 3.08. The zero-order valence-electron chi connectivity index (χ0n) is 11.8. The molecule has 0 saturated carbocycles. The number of rotatable bonds is 2. The molecule has 0 bridgehead atoms. The van der Waals surface area contributed by atoms with Gasteiger partial charge in [0.2, 0.25) is 0 Å². The number of benzene rings is 1. The van der Waals surface area contributed by atoms with Crippen molar-refractivity contribution in [2.75, 3.05) is 6.54 Å². The Kier molecular flexibility index (Phi) is 2.97. The molecule has 0 N–H and O–H groups in total. The first-order valence-electron chi connectivity index (χ1n) is 7.13.